The van der Waals surface area contributed by atoms with Gasteiger partial charge in [-0.3, -0.25) is 0 Å². The molecule has 0 spiro atoms. The second-order valence-corrected chi connectivity index (χ2v) is 6.40. The molecule has 0 unspecified atom stereocenters. The molecule has 0 aliphatic carbocycles. The Kier molecular flexibility index (Phi) is 4.96. The van der Waals surface area contributed by atoms with E-state index in [1.54, 1.807) is 5.57 Å². The molecule has 106 valence electrons. The highest BCUT2D eigenvalue weighted by atomic mass is 32.2. The van der Waals surface area contributed by atoms with Crippen molar-refractivity contribution in [3.05, 3.63) is 77.9 Å². The molecule has 0 aromatic heterocycles. The Morgan fingerprint density at radius 2 is 1.76 bits per heavy atom. The zero-order valence-electron chi connectivity index (χ0n) is 12.2. The van der Waals surface area contributed by atoms with Crippen LogP contribution in [0.2, 0.25) is 0 Å². The first-order valence-corrected chi connectivity index (χ1v) is 8.65. The van der Waals surface area contributed by atoms with Gasteiger partial charge in [0, 0.05) is 5.75 Å². The number of rotatable bonds is 4. The minimum atomic E-state index is 1.09. The van der Waals surface area contributed by atoms with Crippen molar-refractivity contribution in [1.82, 2.24) is 0 Å². The van der Waals surface area contributed by atoms with E-state index in [0.717, 1.165) is 6.42 Å². The molecule has 3 rings (SSSR count). The fraction of sp³-hybridized carbons (Fsp3) is 0.200. The molecule has 0 saturated heterocycles. The van der Waals surface area contributed by atoms with Gasteiger partial charge in [0.25, 0.3) is 0 Å². The van der Waals surface area contributed by atoms with Crippen LogP contribution in [0.4, 0.5) is 0 Å². The SMILES string of the molecule is C1=C(C/C=C\c2ccccc2-c2ccccc2)CCSC1. The van der Waals surface area contributed by atoms with Gasteiger partial charge in [-0.1, -0.05) is 78.4 Å². The topological polar surface area (TPSA) is 0 Å². The first-order chi connectivity index (χ1) is 10.4. The van der Waals surface area contributed by atoms with Gasteiger partial charge in [0.15, 0.2) is 0 Å². The molecule has 2 aromatic rings. The average Bonchev–Trinajstić information content (AvgIpc) is 2.57. The predicted octanol–water partition coefficient (Wildman–Crippen LogP) is 5.82. The van der Waals surface area contributed by atoms with Crippen molar-refractivity contribution in [1.29, 1.82) is 0 Å². The van der Waals surface area contributed by atoms with Gasteiger partial charge >= 0.3 is 0 Å². The first-order valence-electron chi connectivity index (χ1n) is 7.50. The van der Waals surface area contributed by atoms with E-state index in [2.05, 4.69) is 72.8 Å². The van der Waals surface area contributed by atoms with Gasteiger partial charge in [0.1, 0.15) is 0 Å². The van der Waals surface area contributed by atoms with Crippen LogP contribution >= 0.6 is 11.8 Å². The summed E-state index contributed by atoms with van der Waals surface area (Å²) in [5.74, 6) is 2.46. The van der Waals surface area contributed by atoms with Crippen LogP contribution in [0.3, 0.4) is 0 Å². The second kappa shape index (κ2) is 7.33. The maximum Gasteiger partial charge on any atom is 0.0116 e. The highest BCUT2D eigenvalue weighted by Crippen LogP contribution is 2.25. The van der Waals surface area contributed by atoms with Crippen molar-refractivity contribution in [3.63, 3.8) is 0 Å². The highest BCUT2D eigenvalue weighted by Gasteiger charge is 2.03. The molecular weight excluding hydrogens is 272 g/mol. The Hall–Kier alpha value is -1.73. The van der Waals surface area contributed by atoms with Gasteiger partial charge in [-0.2, -0.15) is 11.8 Å². The van der Waals surface area contributed by atoms with Crippen molar-refractivity contribution in [2.24, 2.45) is 0 Å². The largest absolute Gasteiger partial charge is 0.158 e. The third-order valence-electron chi connectivity index (χ3n) is 3.78. The van der Waals surface area contributed by atoms with Crippen LogP contribution < -0.4 is 0 Å². The van der Waals surface area contributed by atoms with Crippen LogP contribution in [0.5, 0.6) is 0 Å². The lowest BCUT2D eigenvalue weighted by Gasteiger charge is -2.10. The van der Waals surface area contributed by atoms with Gasteiger partial charge in [-0.15, -0.1) is 0 Å². The summed E-state index contributed by atoms with van der Waals surface area (Å²) in [4.78, 5) is 0. The molecule has 0 nitrogen and oxygen atoms in total. The number of thioether (sulfide) groups is 1. The molecule has 1 aliphatic rings. The number of hydrogen-bond acceptors (Lipinski definition) is 1. The molecule has 0 amide bonds. The van der Waals surface area contributed by atoms with E-state index in [0.29, 0.717) is 0 Å². The van der Waals surface area contributed by atoms with E-state index in [1.165, 1.54) is 34.6 Å². The first kappa shape index (κ1) is 14.2. The van der Waals surface area contributed by atoms with Crippen molar-refractivity contribution >= 4 is 17.8 Å². The third kappa shape index (κ3) is 3.89. The van der Waals surface area contributed by atoms with Crippen molar-refractivity contribution < 1.29 is 0 Å². The van der Waals surface area contributed by atoms with Gasteiger partial charge < -0.3 is 0 Å². The van der Waals surface area contributed by atoms with Crippen molar-refractivity contribution in [2.45, 2.75) is 12.8 Å². The minimum Gasteiger partial charge on any atom is -0.158 e. The summed E-state index contributed by atoms with van der Waals surface area (Å²) in [6.45, 7) is 0. The molecular formula is C20H20S. The van der Waals surface area contributed by atoms with Gasteiger partial charge in [-0.25, -0.2) is 0 Å². The quantitative estimate of drug-likeness (QED) is 0.640. The lowest BCUT2D eigenvalue weighted by Crippen LogP contribution is -1.94. The summed E-state index contributed by atoms with van der Waals surface area (Å²) >= 11 is 2.03. The van der Waals surface area contributed by atoms with E-state index >= 15 is 0 Å². The zero-order chi connectivity index (χ0) is 14.3. The molecule has 0 atom stereocenters. The van der Waals surface area contributed by atoms with Crippen molar-refractivity contribution in [3.8, 4) is 11.1 Å². The Morgan fingerprint density at radius 3 is 2.57 bits per heavy atom. The summed E-state index contributed by atoms with van der Waals surface area (Å²) < 4.78 is 0. The van der Waals surface area contributed by atoms with E-state index < -0.39 is 0 Å². The standard InChI is InChI=1S/C20H20S/c1-2-8-18(9-3-1)20-12-5-4-10-19(20)11-6-7-17-13-15-21-16-14-17/h1-6,8-13H,7,14-16H2/b11-6-. The van der Waals surface area contributed by atoms with Crippen molar-refractivity contribution in [2.75, 3.05) is 11.5 Å². The Labute approximate surface area is 131 Å². The summed E-state index contributed by atoms with van der Waals surface area (Å²) in [5, 5.41) is 0. The van der Waals surface area contributed by atoms with E-state index in [1.807, 2.05) is 11.8 Å². The zero-order valence-corrected chi connectivity index (χ0v) is 13.0. The maximum atomic E-state index is 2.39. The number of benzene rings is 2. The van der Waals surface area contributed by atoms with Crippen LogP contribution in [0, 0.1) is 0 Å². The molecule has 0 bridgehead atoms. The molecule has 1 heteroatoms. The van der Waals surface area contributed by atoms with Crippen LogP contribution in [0.25, 0.3) is 17.2 Å². The van der Waals surface area contributed by atoms with Gasteiger partial charge in [0.05, 0.1) is 0 Å². The lowest BCUT2D eigenvalue weighted by molar-refractivity contribution is 1.03. The smallest absolute Gasteiger partial charge is 0.0116 e. The normalized spacial score (nSPS) is 15.1. The Morgan fingerprint density at radius 1 is 0.952 bits per heavy atom. The molecule has 0 N–H and O–H groups in total. The summed E-state index contributed by atoms with van der Waals surface area (Å²) in [6.07, 6.45) is 9.30. The fourth-order valence-electron chi connectivity index (χ4n) is 2.61. The molecule has 0 radical (unpaired) electrons. The summed E-state index contributed by atoms with van der Waals surface area (Å²) in [5.41, 5.74) is 5.48. The molecule has 0 fully saturated rings. The number of hydrogen-bond donors (Lipinski definition) is 0. The predicted molar refractivity (Wildman–Crippen MR) is 95.6 cm³/mol. The Bertz CT molecular complexity index is 638. The lowest BCUT2D eigenvalue weighted by atomic mass is 9.99. The number of allylic oxidation sites excluding steroid dienone is 2. The average molecular weight is 292 g/mol. The third-order valence-corrected chi connectivity index (χ3v) is 4.68. The summed E-state index contributed by atoms with van der Waals surface area (Å²) in [7, 11) is 0. The highest BCUT2D eigenvalue weighted by molar-refractivity contribution is 7.99. The molecule has 0 saturated carbocycles. The van der Waals surface area contributed by atoms with E-state index in [9.17, 15) is 0 Å². The molecule has 1 aliphatic heterocycles. The van der Waals surface area contributed by atoms with Crippen LogP contribution in [-0.4, -0.2) is 11.5 Å². The van der Waals surface area contributed by atoms with E-state index in [-0.39, 0.29) is 0 Å². The monoisotopic (exact) mass is 292 g/mol. The Balaban J connectivity index is 1.78. The second-order valence-electron chi connectivity index (χ2n) is 5.25. The summed E-state index contributed by atoms with van der Waals surface area (Å²) in [6, 6.07) is 19.2. The molecule has 21 heavy (non-hydrogen) atoms. The minimum absolute atomic E-state index is 1.09. The van der Waals surface area contributed by atoms with E-state index in [4.69, 9.17) is 0 Å². The van der Waals surface area contributed by atoms with Crippen LogP contribution in [0.15, 0.2) is 72.3 Å². The molecule has 2 aromatic carbocycles. The van der Waals surface area contributed by atoms with Crippen LogP contribution in [-0.2, 0) is 0 Å². The van der Waals surface area contributed by atoms with Gasteiger partial charge in [-0.05, 0) is 35.3 Å². The molecule has 1 heterocycles. The maximum absolute atomic E-state index is 2.39. The van der Waals surface area contributed by atoms with Crippen LogP contribution in [0.1, 0.15) is 18.4 Å². The van der Waals surface area contributed by atoms with Gasteiger partial charge in [0.2, 0.25) is 0 Å². The fourth-order valence-corrected chi connectivity index (χ4v) is 3.54.